The molecule has 0 aromatic heterocycles. The average Bonchev–Trinajstić information content (AvgIpc) is 3.66. The highest BCUT2D eigenvalue weighted by Crippen LogP contribution is 2.34. The van der Waals surface area contributed by atoms with Gasteiger partial charge in [0.05, 0.1) is 19.8 Å². The standard InChI is InChI=1S/C29H39N3O3/c1-5-32-24-10-11-25(32)17-31(16-24)23-9-6-19(2)28(14-23)29(33)30-20(3)22-12-26(34-4)15-27(13-22)35-18-21-7-8-21/h6,9,12-15,20-21,24-25H,5,7-8,10-11,16-18H2,1-4H3,(H,30,33)/t20-,24-,25+/m1/s1. The summed E-state index contributed by atoms with van der Waals surface area (Å²) in [6.07, 6.45) is 5.05. The van der Waals surface area contributed by atoms with E-state index >= 15 is 0 Å². The Morgan fingerprint density at radius 1 is 1.06 bits per heavy atom. The van der Waals surface area contributed by atoms with Gasteiger partial charge in [-0.1, -0.05) is 13.0 Å². The molecule has 1 N–H and O–H groups in total. The first kappa shape index (κ1) is 24.0. The van der Waals surface area contributed by atoms with E-state index in [1.54, 1.807) is 7.11 Å². The fourth-order valence-corrected chi connectivity index (χ4v) is 5.67. The molecule has 2 heterocycles. The van der Waals surface area contributed by atoms with Crippen LogP contribution in [0.2, 0.25) is 0 Å². The topological polar surface area (TPSA) is 54.0 Å². The van der Waals surface area contributed by atoms with Crippen molar-refractivity contribution in [3.8, 4) is 11.5 Å². The van der Waals surface area contributed by atoms with Crippen LogP contribution >= 0.6 is 0 Å². The molecule has 2 aliphatic heterocycles. The lowest BCUT2D eigenvalue weighted by Gasteiger charge is -2.41. The van der Waals surface area contributed by atoms with Crippen LogP contribution in [0.25, 0.3) is 0 Å². The second-order valence-corrected chi connectivity index (χ2v) is 10.5. The molecular formula is C29H39N3O3. The second kappa shape index (κ2) is 10.1. The van der Waals surface area contributed by atoms with Gasteiger partial charge in [0.25, 0.3) is 5.91 Å². The van der Waals surface area contributed by atoms with Crippen LogP contribution < -0.4 is 19.7 Å². The number of aryl methyl sites for hydroxylation is 1. The fourth-order valence-electron chi connectivity index (χ4n) is 5.67. The average molecular weight is 478 g/mol. The largest absolute Gasteiger partial charge is 0.497 e. The number of methoxy groups -OCH3 is 1. The molecule has 6 nitrogen and oxygen atoms in total. The maximum Gasteiger partial charge on any atom is 0.252 e. The van der Waals surface area contributed by atoms with Crippen molar-refractivity contribution in [2.24, 2.45) is 5.92 Å². The molecular weight excluding hydrogens is 438 g/mol. The smallest absolute Gasteiger partial charge is 0.252 e. The van der Waals surface area contributed by atoms with Crippen LogP contribution in [-0.4, -0.2) is 56.2 Å². The van der Waals surface area contributed by atoms with Crippen molar-refractivity contribution in [3.63, 3.8) is 0 Å². The zero-order chi connectivity index (χ0) is 24.5. The molecule has 3 fully saturated rings. The van der Waals surface area contributed by atoms with Gasteiger partial charge in [-0.15, -0.1) is 0 Å². The molecule has 6 heteroatoms. The fraction of sp³-hybridized carbons (Fsp3) is 0.552. The maximum atomic E-state index is 13.4. The molecule has 5 rings (SSSR count). The number of nitrogens with zero attached hydrogens (tertiary/aromatic N) is 2. The van der Waals surface area contributed by atoms with Gasteiger partial charge in [0.1, 0.15) is 11.5 Å². The number of ether oxygens (including phenoxy) is 2. The minimum atomic E-state index is -0.173. The molecule has 0 radical (unpaired) electrons. The molecule has 1 amide bonds. The van der Waals surface area contributed by atoms with E-state index in [0.717, 1.165) is 60.1 Å². The van der Waals surface area contributed by atoms with Crippen LogP contribution in [0.4, 0.5) is 5.69 Å². The number of benzene rings is 2. The number of carbonyl (C=O) groups excluding carboxylic acids is 1. The number of rotatable bonds is 9. The predicted octanol–water partition coefficient (Wildman–Crippen LogP) is 4.96. The minimum Gasteiger partial charge on any atom is -0.497 e. The molecule has 1 aliphatic carbocycles. The van der Waals surface area contributed by atoms with Crippen LogP contribution in [0.1, 0.15) is 67.1 Å². The summed E-state index contributed by atoms with van der Waals surface area (Å²) in [4.78, 5) is 18.5. The molecule has 188 valence electrons. The first-order valence-corrected chi connectivity index (χ1v) is 13.2. The molecule has 0 spiro atoms. The second-order valence-electron chi connectivity index (χ2n) is 10.5. The maximum absolute atomic E-state index is 13.4. The van der Waals surface area contributed by atoms with Gasteiger partial charge in [0.2, 0.25) is 0 Å². The monoisotopic (exact) mass is 477 g/mol. The van der Waals surface area contributed by atoms with Crippen LogP contribution in [-0.2, 0) is 0 Å². The third-order valence-electron chi connectivity index (χ3n) is 8.00. The number of amides is 1. The minimum absolute atomic E-state index is 0.0460. The van der Waals surface area contributed by atoms with Gasteiger partial charge in [-0.3, -0.25) is 9.69 Å². The van der Waals surface area contributed by atoms with Gasteiger partial charge in [-0.25, -0.2) is 0 Å². The van der Waals surface area contributed by atoms with Crippen molar-refractivity contribution in [2.45, 2.75) is 64.6 Å². The zero-order valence-corrected chi connectivity index (χ0v) is 21.5. The summed E-state index contributed by atoms with van der Waals surface area (Å²) in [6.45, 7) is 10.2. The van der Waals surface area contributed by atoms with Crippen LogP contribution in [0, 0.1) is 12.8 Å². The Kier molecular flexibility index (Phi) is 6.92. The van der Waals surface area contributed by atoms with Crippen molar-refractivity contribution < 1.29 is 14.3 Å². The Morgan fingerprint density at radius 2 is 1.77 bits per heavy atom. The van der Waals surface area contributed by atoms with E-state index in [0.29, 0.717) is 18.0 Å². The summed E-state index contributed by atoms with van der Waals surface area (Å²) in [5, 5.41) is 3.21. The predicted molar refractivity (Wildman–Crippen MR) is 140 cm³/mol. The summed E-state index contributed by atoms with van der Waals surface area (Å²) in [7, 11) is 1.66. The third kappa shape index (κ3) is 5.27. The summed E-state index contributed by atoms with van der Waals surface area (Å²) >= 11 is 0. The summed E-state index contributed by atoms with van der Waals surface area (Å²) in [6, 6.07) is 13.3. The number of fused-ring (bicyclic) bond motifs is 2. The number of carbonyl (C=O) groups is 1. The summed E-state index contributed by atoms with van der Waals surface area (Å²) in [5.74, 6) is 2.17. The molecule has 3 aliphatic rings. The van der Waals surface area contributed by atoms with Crippen LogP contribution in [0.5, 0.6) is 11.5 Å². The Balaban J connectivity index is 1.29. The van der Waals surface area contributed by atoms with E-state index in [4.69, 9.17) is 9.47 Å². The van der Waals surface area contributed by atoms with Crippen molar-refractivity contribution in [3.05, 3.63) is 53.1 Å². The lowest BCUT2D eigenvalue weighted by molar-refractivity contribution is 0.0939. The number of hydrogen-bond acceptors (Lipinski definition) is 5. The molecule has 2 aromatic rings. The van der Waals surface area contributed by atoms with E-state index in [1.165, 1.54) is 25.7 Å². The van der Waals surface area contributed by atoms with E-state index in [2.05, 4.69) is 40.2 Å². The van der Waals surface area contributed by atoms with Gasteiger partial charge in [0.15, 0.2) is 0 Å². The molecule has 1 saturated carbocycles. The van der Waals surface area contributed by atoms with Gasteiger partial charge in [-0.2, -0.15) is 0 Å². The van der Waals surface area contributed by atoms with Gasteiger partial charge >= 0.3 is 0 Å². The lowest BCUT2D eigenvalue weighted by Crippen LogP contribution is -2.53. The summed E-state index contributed by atoms with van der Waals surface area (Å²) in [5.41, 5.74) is 3.86. The Hall–Kier alpha value is -2.73. The van der Waals surface area contributed by atoms with Crippen molar-refractivity contribution in [1.29, 1.82) is 0 Å². The quantitative estimate of drug-likeness (QED) is 0.554. The third-order valence-corrected chi connectivity index (χ3v) is 8.00. The number of nitrogens with one attached hydrogen (secondary N) is 1. The first-order chi connectivity index (χ1) is 16.9. The highest BCUT2D eigenvalue weighted by Gasteiger charge is 2.39. The highest BCUT2D eigenvalue weighted by molar-refractivity contribution is 5.96. The molecule has 2 aromatic carbocycles. The molecule has 0 unspecified atom stereocenters. The van der Waals surface area contributed by atoms with Crippen molar-refractivity contribution in [1.82, 2.24) is 10.2 Å². The van der Waals surface area contributed by atoms with E-state index in [-0.39, 0.29) is 11.9 Å². The Morgan fingerprint density at radius 3 is 2.43 bits per heavy atom. The van der Waals surface area contributed by atoms with Gasteiger partial charge < -0.3 is 19.7 Å². The SMILES string of the molecule is CCN1[C@@H]2CC[C@H]1CN(c1ccc(C)c(C(=O)N[C@H](C)c3cc(OC)cc(OCC4CC4)c3)c1)C2. The Labute approximate surface area is 209 Å². The Bertz CT molecular complexity index is 1050. The van der Waals surface area contributed by atoms with Crippen LogP contribution in [0.15, 0.2) is 36.4 Å². The van der Waals surface area contributed by atoms with E-state index in [1.807, 2.05) is 32.0 Å². The number of piperazine rings is 1. The zero-order valence-electron chi connectivity index (χ0n) is 21.5. The van der Waals surface area contributed by atoms with Crippen molar-refractivity contribution >= 4 is 11.6 Å². The number of hydrogen-bond donors (Lipinski definition) is 1. The van der Waals surface area contributed by atoms with Gasteiger partial charge in [-0.05, 0) is 87.4 Å². The number of likely N-dealkylation sites (N-methyl/N-ethyl adjacent to an activating group) is 1. The van der Waals surface area contributed by atoms with E-state index in [9.17, 15) is 4.79 Å². The molecule has 3 atom stereocenters. The molecule has 35 heavy (non-hydrogen) atoms. The number of anilines is 1. The van der Waals surface area contributed by atoms with Gasteiger partial charge in [0, 0.05) is 42.5 Å². The normalized spacial score (nSPS) is 22.7. The molecule has 2 saturated heterocycles. The van der Waals surface area contributed by atoms with Crippen LogP contribution in [0.3, 0.4) is 0 Å². The highest BCUT2D eigenvalue weighted by atomic mass is 16.5. The lowest BCUT2D eigenvalue weighted by atomic mass is 10.0. The summed E-state index contributed by atoms with van der Waals surface area (Å²) < 4.78 is 11.5. The molecule has 2 bridgehead atoms. The van der Waals surface area contributed by atoms with E-state index < -0.39 is 0 Å². The first-order valence-electron chi connectivity index (χ1n) is 13.2. The van der Waals surface area contributed by atoms with Crippen molar-refractivity contribution in [2.75, 3.05) is 38.3 Å².